The SMILES string of the molecule is CC(CN1CCCC1=O)NC(=O)CC(N)c1ccccc1. The summed E-state index contributed by atoms with van der Waals surface area (Å²) in [4.78, 5) is 25.4. The molecule has 114 valence electrons. The Bertz CT molecular complexity index is 490. The first kappa shape index (κ1) is 15.5. The highest BCUT2D eigenvalue weighted by Gasteiger charge is 2.22. The van der Waals surface area contributed by atoms with Crippen LogP contribution in [0.15, 0.2) is 30.3 Å². The molecule has 0 aliphatic carbocycles. The van der Waals surface area contributed by atoms with E-state index in [4.69, 9.17) is 5.73 Å². The van der Waals surface area contributed by atoms with Gasteiger partial charge in [-0.15, -0.1) is 0 Å². The van der Waals surface area contributed by atoms with Gasteiger partial charge in [-0.2, -0.15) is 0 Å². The molecule has 1 fully saturated rings. The number of nitrogens with two attached hydrogens (primary N) is 1. The molecule has 1 aliphatic heterocycles. The standard InChI is InChI=1S/C16H23N3O2/c1-12(11-19-9-5-8-16(19)21)18-15(20)10-14(17)13-6-3-2-4-7-13/h2-4,6-7,12,14H,5,8-11,17H2,1H3,(H,18,20). The van der Waals surface area contributed by atoms with Crippen LogP contribution < -0.4 is 11.1 Å². The third-order valence-corrected chi connectivity index (χ3v) is 3.71. The molecule has 0 bridgehead atoms. The number of hydrogen-bond acceptors (Lipinski definition) is 3. The van der Waals surface area contributed by atoms with E-state index in [0.717, 1.165) is 18.5 Å². The predicted molar refractivity (Wildman–Crippen MR) is 81.4 cm³/mol. The van der Waals surface area contributed by atoms with Gasteiger partial charge in [0.1, 0.15) is 0 Å². The highest BCUT2D eigenvalue weighted by atomic mass is 16.2. The van der Waals surface area contributed by atoms with Gasteiger partial charge in [0.25, 0.3) is 0 Å². The highest BCUT2D eigenvalue weighted by Crippen LogP contribution is 2.13. The van der Waals surface area contributed by atoms with E-state index < -0.39 is 0 Å². The molecule has 21 heavy (non-hydrogen) atoms. The first-order valence-corrected chi connectivity index (χ1v) is 7.44. The number of amides is 2. The van der Waals surface area contributed by atoms with E-state index >= 15 is 0 Å². The van der Waals surface area contributed by atoms with Crippen molar-refractivity contribution in [2.45, 2.75) is 38.3 Å². The molecular weight excluding hydrogens is 266 g/mol. The fourth-order valence-electron chi connectivity index (χ4n) is 2.62. The van der Waals surface area contributed by atoms with Crippen LogP contribution in [0, 0.1) is 0 Å². The molecule has 2 rings (SSSR count). The van der Waals surface area contributed by atoms with Crippen LogP contribution in [0.25, 0.3) is 0 Å². The quantitative estimate of drug-likeness (QED) is 0.826. The molecule has 0 spiro atoms. The summed E-state index contributed by atoms with van der Waals surface area (Å²) < 4.78 is 0. The van der Waals surface area contributed by atoms with Crippen LogP contribution in [-0.4, -0.2) is 35.8 Å². The van der Waals surface area contributed by atoms with Crippen molar-refractivity contribution in [1.29, 1.82) is 0 Å². The van der Waals surface area contributed by atoms with Crippen molar-refractivity contribution >= 4 is 11.8 Å². The van der Waals surface area contributed by atoms with Crippen LogP contribution in [0.4, 0.5) is 0 Å². The number of carbonyl (C=O) groups excluding carboxylic acids is 2. The lowest BCUT2D eigenvalue weighted by Gasteiger charge is -2.22. The van der Waals surface area contributed by atoms with Gasteiger partial charge in [0.05, 0.1) is 0 Å². The summed E-state index contributed by atoms with van der Waals surface area (Å²) in [6, 6.07) is 9.23. The normalized spacial score (nSPS) is 17.6. The number of likely N-dealkylation sites (tertiary alicyclic amines) is 1. The molecule has 1 saturated heterocycles. The molecule has 1 aromatic carbocycles. The van der Waals surface area contributed by atoms with Gasteiger partial charge >= 0.3 is 0 Å². The molecule has 5 nitrogen and oxygen atoms in total. The Morgan fingerprint density at radius 3 is 2.71 bits per heavy atom. The maximum atomic E-state index is 12.0. The minimum Gasteiger partial charge on any atom is -0.352 e. The molecule has 2 atom stereocenters. The number of carbonyl (C=O) groups is 2. The van der Waals surface area contributed by atoms with Crippen LogP contribution in [0.3, 0.4) is 0 Å². The van der Waals surface area contributed by atoms with Crippen LogP contribution in [0.2, 0.25) is 0 Å². The maximum absolute atomic E-state index is 12.0. The molecule has 1 aromatic rings. The van der Waals surface area contributed by atoms with Crippen molar-refractivity contribution in [3.8, 4) is 0 Å². The molecule has 1 heterocycles. The van der Waals surface area contributed by atoms with Crippen LogP contribution in [0.5, 0.6) is 0 Å². The summed E-state index contributed by atoms with van der Waals surface area (Å²) in [5.74, 6) is 0.0996. The zero-order chi connectivity index (χ0) is 15.2. The second-order valence-electron chi connectivity index (χ2n) is 5.63. The molecule has 2 unspecified atom stereocenters. The van der Waals surface area contributed by atoms with Crippen LogP contribution in [0.1, 0.15) is 37.8 Å². The Morgan fingerprint density at radius 1 is 1.38 bits per heavy atom. The number of nitrogens with zero attached hydrogens (tertiary/aromatic N) is 1. The second-order valence-corrected chi connectivity index (χ2v) is 5.63. The van der Waals surface area contributed by atoms with E-state index in [2.05, 4.69) is 5.32 Å². The van der Waals surface area contributed by atoms with Gasteiger partial charge in [-0.1, -0.05) is 30.3 Å². The smallest absolute Gasteiger partial charge is 0.222 e. The summed E-state index contributed by atoms with van der Waals surface area (Å²) in [6.45, 7) is 3.28. The molecule has 1 aliphatic rings. The summed E-state index contributed by atoms with van der Waals surface area (Å²) in [6.07, 6.45) is 1.79. The Kier molecular flexibility index (Phi) is 5.33. The van der Waals surface area contributed by atoms with E-state index in [-0.39, 0.29) is 30.3 Å². The van der Waals surface area contributed by atoms with Gasteiger partial charge in [-0.25, -0.2) is 0 Å². The van der Waals surface area contributed by atoms with Crippen molar-refractivity contribution in [1.82, 2.24) is 10.2 Å². The molecule has 3 N–H and O–H groups in total. The van der Waals surface area contributed by atoms with Crippen LogP contribution >= 0.6 is 0 Å². The van der Waals surface area contributed by atoms with E-state index in [1.165, 1.54) is 0 Å². The molecule has 2 amide bonds. The Balaban J connectivity index is 1.77. The van der Waals surface area contributed by atoms with Crippen molar-refractivity contribution < 1.29 is 9.59 Å². The van der Waals surface area contributed by atoms with E-state index in [9.17, 15) is 9.59 Å². The Morgan fingerprint density at radius 2 is 2.10 bits per heavy atom. The van der Waals surface area contributed by atoms with Gasteiger partial charge in [0, 0.05) is 38.0 Å². The number of hydrogen-bond donors (Lipinski definition) is 2. The summed E-state index contributed by atoms with van der Waals surface area (Å²) in [7, 11) is 0. The predicted octanol–water partition coefficient (Wildman–Crippen LogP) is 1.20. The maximum Gasteiger partial charge on any atom is 0.222 e. The van der Waals surface area contributed by atoms with Gasteiger partial charge in [-0.05, 0) is 18.9 Å². The largest absolute Gasteiger partial charge is 0.352 e. The number of benzene rings is 1. The van der Waals surface area contributed by atoms with E-state index in [1.807, 2.05) is 42.2 Å². The highest BCUT2D eigenvalue weighted by molar-refractivity contribution is 5.79. The lowest BCUT2D eigenvalue weighted by atomic mass is 10.0. The fraction of sp³-hybridized carbons (Fsp3) is 0.500. The van der Waals surface area contributed by atoms with Crippen LogP contribution in [-0.2, 0) is 9.59 Å². The zero-order valence-electron chi connectivity index (χ0n) is 12.4. The lowest BCUT2D eigenvalue weighted by Crippen LogP contribution is -2.43. The van der Waals surface area contributed by atoms with Gasteiger partial charge < -0.3 is 16.0 Å². The minimum atomic E-state index is -0.299. The summed E-state index contributed by atoms with van der Waals surface area (Å²) in [5.41, 5.74) is 6.99. The van der Waals surface area contributed by atoms with E-state index in [0.29, 0.717) is 13.0 Å². The zero-order valence-corrected chi connectivity index (χ0v) is 12.4. The molecule has 0 saturated carbocycles. The van der Waals surface area contributed by atoms with Gasteiger partial charge in [-0.3, -0.25) is 9.59 Å². The first-order chi connectivity index (χ1) is 10.1. The fourth-order valence-corrected chi connectivity index (χ4v) is 2.62. The van der Waals surface area contributed by atoms with Crippen molar-refractivity contribution in [3.05, 3.63) is 35.9 Å². The number of rotatable bonds is 6. The summed E-state index contributed by atoms with van der Waals surface area (Å²) in [5, 5.41) is 2.92. The lowest BCUT2D eigenvalue weighted by molar-refractivity contribution is -0.129. The molecule has 0 aromatic heterocycles. The monoisotopic (exact) mass is 289 g/mol. The van der Waals surface area contributed by atoms with Crippen molar-refractivity contribution in [2.24, 2.45) is 5.73 Å². The second kappa shape index (κ2) is 7.22. The molecular formula is C16H23N3O2. The minimum absolute atomic E-state index is 0.0532. The first-order valence-electron chi connectivity index (χ1n) is 7.44. The van der Waals surface area contributed by atoms with Crippen molar-refractivity contribution in [2.75, 3.05) is 13.1 Å². The third kappa shape index (κ3) is 4.56. The average Bonchev–Trinajstić information content (AvgIpc) is 2.84. The van der Waals surface area contributed by atoms with Gasteiger partial charge in [0.2, 0.25) is 11.8 Å². The van der Waals surface area contributed by atoms with E-state index in [1.54, 1.807) is 0 Å². The number of nitrogens with one attached hydrogen (secondary N) is 1. The molecule has 0 radical (unpaired) electrons. The Labute approximate surface area is 125 Å². The molecule has 5 heteroatoms. The van der Waals surface area contributed by atoms with Crippen molar-refractivity contribution in [3.63, 3.8) is 0 Å². The average molecular weight is 289 g/mol. The summed E-state index contributed by atoms with van der Waals surface area (Å²) >= 11 is 0. The topological polar surface area (TPSA) is 75.4 Å². The van der Waals surface area contributed by atoms with Gasteiger partial charge in [0.15, 0.2) is 0 Å². The Hall–Kier alpha value is -1.88. The third-order valence-electron chi connectivity index (χ3n) is 3.71.